The number of rotatable bonds is 36. The van der Waals surface area contributed by atoms with Gasteiger partial charge in [-0.25, -0.2) is 0 Å². The third-order valence-corrected chi connectivity index (χ3v) is 9.19. The Balaban J connectivity index is 3.64. The molecule has 0 aromatic carbocycles. The van der Waals surface area contributed by atoms with Crippen molar-refractivity contribution in [2.24, 2.45) is 0 Å². The molecule has 0 fully saturated rings. The largest absolute Gasteiger partial charge is 0.394 e. The van der Waals surface area contributed by atoms with Crippen molar-refractivity contribution in [3.63, 3.8) is 0 Å². The van der Waals surface area contributed by atoms with Gasteiger partial charge in [0.05, 0.1) is 18.8 Å². The zero-order valence-electron chi connectivity index (χ0n) is 31.2. The first-order valence-corrected chi connectivity index (χ1v) is 20.3. The van der Waals surface area contributed by atoms with E-state index in [1.54, 1.807) is 6.08 Å². The molecule has 0 rings (SSSR count). The summed E-state index contributed by atoms with van der Waals surface area (Å²) in [5.41, 5.74) is 0. The van der Waals surface area contributed by atoms with Crippen molar-refractivity contribution < 1.29 is 20.1 Å². The van der Waals surface area contributed by atoms with Gasteiger partial charge in [-0.2, -0.15) is 0 Å². The zero-order valence-corrected chi connectivity index (χ0v) is 31.2. The number of unbranched alkanes of at least 4 members (excludes halogenated alkanes) is 24. The summed E-state index contributed by atoms with van der Waals surface area (Å²) in [6.07, 6.45) is 46.1. The smallest absolute Gasteiger partial charge is 0.249 e. The Morgan fingerprint density at radius 3 is 1.26 bits per heavy atom. The van der Waals surface area contributed by atoms with Crippen LogP contribution < -0.4 is 5.32 Å². The summed E-state index contributed by atoms with van der Waals surface area (Å²) >= 11 is 0. The molecule has 0 aromatic heterocycles. The van der Waals surface area contributed by atoms with Crippen LogP contribution in [0, 0.1) is 0 Å². The van der Waals surface area contributed by atoms with Crippen molar-refractivity contribution in [1.82, 2.24) is 5.32 Å². The molecule has 0 saturated heterocycles. The van der Waals surface area contributed by atoms with Crippen LogP contribution in [0.1, 0.15) is 200 Å². The number of aliphatic hydroxyl groups excluding tert-OH is 3. The highest BCUT2D eigenvalue weighted by atomic mass is 16.3. The van der Waals surface area contributed by atoms with Crippen LogP contribution in [0.2, 0.25) is 0 Å². The van der Waals surface area contributed by atoms with Gasteiger partial charge in [0.15, 0.2) is 0 Å². The minimum Gasteiger partial charge on any atom is -0.394 e. The number of hydrogen-bond acceptors (Lipinski definition) is 4. The van der Waals surface area contributed by atoms with Crippen LogP contribution in [-0.2, 0) is 4.79 Å². The van der Waals surface area contributed by atoms with E-state index in [1.165, 1.54) is 128 Å². The van der Waals surface area contributed by atoms with E-state index in [1.807, 2.05) is 6.08 Å². The topological polar surface area (TPSA) is 89.8 Å². The summed E-state index contributed by atoms with van der Waals surface area (Å²) in [7, 11) is 0. The van der Waals surface area contributed by atoms with Gasteiger partial charge in [-0.05, 0) is 38.5 Å². The lowest BCUT2D eigenvalue weighted by Gasteiger charge is -2.21. The normalized spacial score (nSPS) is 14.1. The Kier molecular flexibility index (Phi) is 36.3. The first-order chi connectivity index (χ1) is 23.1. The fourth-order valence-corrected chi connectivity index (χ4v) is 5.99. The van der Waals surface area contributed by atoms with Crippen molar-refractivity contribution >= 4 is 5.91 Å². The molecular formula is C42H79NO4. The Labute approximate surface area is 292 Å². The van der Waals surface area contributed by atoms with Crippen LogP contribution in [0.25, 0.3) is 0 Å². The van der Waals surface area contributed by atoms with Gasteiger partial charge in [0.2, 0.25) is 5.91 Å². The molecule has 1 amide bonds. The second kappa shape index (κ2) is 37.4. The fourth-order valence-electron chi connectivity index (χ4n) is 5.99. The van der Waals surface area contributed by atoms with Crippen molar-refractivity contribution in [2.75, 3.05) is 6.61 Å². The molecule has 4 N–H and O–H groups in total. The van der Waals surface area contributed by atoms with Gasteiger partial charge in [0, 0.05) is 0 Å². The van der Waals surface area contributed by atoms with Crippen LogP contribution in [0.15, 0.2) is 36.5 Å². The lowest BCUT2D eigenvalue weighted by molar-refractivity contribution is -0.131. The van der Waals surface area contributed by atoms with Gasteiger partial charge in [-0.15, -0.1) is 0 Å². The molecule has 0 aliphatic heterocycles. The summed E-state index contributed by atoms with van der Waals surface area (Å²) in [5.74, 6) is -0.518. The molecule has 47 heavy (non-hydrogen) atoms. The van der Waals surface area contributed by atoms with Crippen molar-refractivity contribution in [3.8, 4) is 0 Å². The summed E-state index contributed by atoms with van der Waals surface area (Å²) < 4.78 is 0. The lowest BCUT2D eigenvalue weighted by atomic mass is 10.0. The molecule has 5 nitrogen and oxygen atoms in total. The average Bonchev–Trinajstić information content (AvgIpc) is 3.07. The maximum atomic E-state index is 12.4. The molecule has 5 heteroatoms. The predicted octanol–water partition coefficient (Wildman–Crippen LogP) is 11.2. The van der Waals surface area contributed by atoms with Crippen LogP contribution >= 0.6 is 0 Å². The van der Waals surface area contributed by atoms with E-state index in [0.717, 1.165) is 51.4 Å². The minimum atomic E-state index is -1.10. The Morgan fingerprint density at radius 2 is 0.872 bits per heavy atom. The van der Waals surface area contributed by atoms with Crippen LogP contribution in [0.4, 0.5) is 0 Å². The van der Waals surface area contributed by atoms with Crippen molar-refractivity contribution in [3.05, 3.63) is 36.5 Å². The van der Waals surface area contributed by atoms with Gasteiger partial charge in [0.1, 0.15) is 6.10 Å². The van der Waals surface area contributed by atoms with Gasteiger partial charge in [-0.3, -0.25) is 4.79 Å². The van der Waals surface area contributed by atoms with E-state index in [2.05, 4.69) is 43.5 Å². The maximum Gasteiger partial charge on any atom is 0.249 e. The maximum absolute atomic E-state index is 12.4. The molecule has 0 bridgehead atoms. The SMILES string of the molecule is CCC/C=C/CC/C=C/CC/C=C/C(O)C(CO)NC(=O)C(O)CCCCCCCCCCCCCCCCCCCCCCCC. The Hall–Kier alpha value is -1.43. The molecule has 0 aromatic rings. The van der Waals surface area contributed by atoms with E-state index in [-0.39, 0.29) is 6.61 Å². The van der Waals surface area contributed by atoms with Crippen LogP contribution in [0.5, 0.6) is 0 Å². The highest BCUT2D eigenvalue weighted by Gasteiger charge is 2.22. The first-order valence-electron chi connectivity index (χ1n) is 20.3. The number of amides is 1. The summed E-state index contributed by atoms with van der Waals surface area (Å²) in [5, 5.41) is 32.9. The van der Waals surface area contributed by atoms with Gasteiger partial charge in [-0.1, -0.05) is 198 Å². The van der Waals surface area contributed by atoms with Gasteiger partial charge in [0.25, 0.3) is 0 Å². The monoisotopic (exact) mass is 662 g/mol. The highest BCUT2D eigenvalue weighted by Crippen LogP contribution is 2.16. The number of carbonyl (C=O) groups is 1. The second-order valence-electron chi connectivity index (χ2n) is 13.8. The highest BCUT2D eigenvalue weighted by molar-refractivity contribution is 5.80. The molecule has 276 valence electrons. The lowest BCUT2D eigenvalue weighted by Crippen LogP contribution is -2.48. The number of nitrogens with one attached hydrogen (secondary N) is 1. The van der Waals surface area contributed by atoms with Crippen molar-refractivity contribution in [2.45, 2.75) is 218 Å². The van der Waals surface area contributed by atoms with E-state index in [0.29, 0.717) is 6.42 Å². The molecule has 0 spiro atoms. The zero-order chi connectivity index (χ0) is 34.5. The van der Waals surface area contributed by atoms with E-state index >= 15 is 0 Å². The summed E-state index contributed by atoms with van der Waals surface area (Å²) in [6.45, 7) is 4.09. The van der Waals surface area contributed by atoms with E-state index < -0.39 is 24.2 Å². The number of aliphatic hydroxyl groups is 3. The van der Waals surface area contributed by atoms with Crippen LogP contribution in [0.3, 0.4) is 0 Å². The third-order valence-electron chi connectivity index (χ3n) is 9.19. The second-order valence-corrected chi connectivity index (χ2v) is 13.8. The van der Waals surface area contributed by atoms with E-state index in [9.17, 15) is 20.1 Å². The molecule has 0 radical (unpaired) electrons. The average molecular weight is 662 g/mol. The molecular weight excluding hydrogens is 582 g/mol. The number of hydrogen-bond donors (Lipinski definition) is 4. The number of allylic oxidation sites excluding steroid dienone is 5. The Bertz CT molecular complexity index is 734. The van der Waals surface area contributed by atoms with Crippen LogP contribution in [-0.4, -0.2) is 46.1 Å². The van der Waals surface area contributed by atoms with Gasteiger partial charge < -0.3 is 20.6 Å². The quantitative estimate of drug-likeness (QED) is 0.0397. The van der Waals surface area contributed by atoms with E-state index in [4.69, 9.17) is 0 Å². The summed E-state index contributed by atoms with van der Waals surface area (Å²) in [6, 6.07) is -0.816. The predicted molar refractivity (Wildman–Crippen MR) is 204 cm³/mol. The standard InChI is InChI=1S/C42H79NO4/c1-3-5-7-9-11-13-15-16-17-18-19-20-21-22-23-24-25-27-29-31-33-35-37-41(46)42(47)43-39(38-44)40(45)36-34-32-30-28-26-14-12-10-8-6-4-2/h8,10,26,28,34,36,39-41,44-46H,3-7,9,11-25,27,29-33,35,37-38H2,1-2H3,(H,43,47)/b10-8+,28-26+,36-34+. The molecule has 3 atom stereocenters. The molecule has 0 saturated carbocycles. The first kappa shape index (κ1) is 45.6. The number of carbonyl (C=O) groups excluding carboxylic acids is 1. The third kappa shape index (κ3) is 32.9. The van der Waals surface area contributed by atoms with Crippen molar-refractivity contribution in [1.29, 1.82) is 0 Å². The molecule has 3 unspecified atom stereocenters. The fraction of sp³-hybridized carbons (Fsp3) is 0.833. The van der Waals surface area contributed by atoms with Gasteiger partial charge >= 0.3 is 0 Å². The molecule has 0 aliphatic rings. The summed E-state index contributed by atoms with van der Waals surface area (Å²) in [4.78, 5) is 12.4. The molecule has 0 aliphatic carbocycles. The minimum absolute atomic E-state index is 0.380. The Morgan fingerprint density at radius 1 is 0.511 bits per heavy atom. The molecule has 0 heterocycles.